The average molecular weight is 287 g/mol. The van der Waals surface area contributed by atoms with Gasteiger partial charge in [-0.3, -0.25) is 0 Å². The van der Waals surface area contributed by atoms with Crippen LogP contribution in [0.3, 0.4) is 0 Å². The van der Waals surface area contributed by atoms with Gasteiger partial charge in [-0.2, -0.15) is 0 Å². The molecule has 0 radical (unpaired) electrons. The summed E-state index contributed by atoms with van der Waals surface area (Å²) in [6.07, 6.45) is 0. The lowest BCUT2D eigenvalue weighted by atomic mass is 10.1. The SMILES string of the molecule is Cc1ccc(CNC(C)c2ccc3c(c2)OCO3)cc1F. The van der Waals surface area contributed by atoms with Crippen molar-refractivity contribution in [2.75, 3.05) is 6.79 Å². The van der Waals surface area contributed by atoms with E-state index in [0.717, 1.165) is 22.6 Å². The Hall–Kier alpha value is -2.07. The van der Waals surface area contributed by atoms with Gasteiger partial charge < -0.3 is 14.8 Å². The Morgan fingerprint density at radius 3 is 2.76 bits per heavy atom. The summed E-state index contributed by atoms with van der Waals surface area (Å²) in [5, 5.41) is 3.39. The van der Waals surface area contributed by atoms with Crippen LogP contribution in [0.25, 0.3) is 0 Å². The van der Waals surface area contributed by atoms with Crippen LogP contribution in [0.2, 0.25) is 0 Å². The molecule has 1 aliphatic rings. The van der Waals surface area contributed by atoms with Gasteiger partial charge in [-0.1, -0.05) is 18.2 Å². The molecule has 0 saturated heterocycles. The summed E-state index contributed by atoms with van der Waals surface area (Å²) in [6.45, 7) is 4.74. The van der Waals surface area contributed by atoms with Gasteiger partial charge in [0.15, 0.2) is 11.5 Å². The predicted octanol–water partition coefficient (Wildman–Crippen LogP) is 3.71. The van der Waals surface area contributed by atoms with E-state index < -0.39 is 0 Å². The highest BCUT2D eigenvalue weighted by Gasteiger charge is 2.15. The van der Waals surface area contributed by atoms with E-state index in [2.05, 4.69) is 12.2 Å². The smallest absolute Gasteiger partial charge is 0.231 e. The first-order valence-electron chi connectivity index (χ1n) is 7.01. The molecule has 1 heterocycles. The van der Waals surface area contributed by atoms with Gasteiger partial charge in [0.2, 0.25) is 6.79 Å². The second kappa shape index (κ2) is 5.74. The quantitative estimate of drug-likeness (QED) is 0.929. The van der Waals surface area contributed by atoms with E-state index in [0.29, 0.717) is 12.1 Å². The molecule has 3 rings (SSSR count). The van der Waals surface area contributed by atoms with Crippen molar-refractivity contribution in [3.05, 3.63) is 58.9 Å². The molecule has 0 aromatic heterocycles. The Labute approximate surface area is 123 Å². The third-order valence-corrected chi connectivity index (χ3v) is 3.75. The second-order valence-corrected chi connectivity index (χ2v) is 5.30. The van der Waals surface area contributed by atoms with Crippen LogP contribution >= 0.6 is 0 Å². The molecule has 1 aliphatic heterocycles. The maximum atomic E-state index is 13.5. The largest absolute Gasteiger partial charge is 0.454 e. The summed E-state index contributed by atoms with van der Waals surface area (Å²) < 4.78 is 24.2. The molecule has 0 amide bonds. The zero-order valence-corrected chi connectivity index (χ0v) is 12.2. The van der Waals surface area contributed by atoms with E-state index in [9.17, 15) is 4.39 Å². The Morgan fingerprint density at radius 2 is 1.95 bits per heavy atom. The van der Waals surface area contributed by atoms with E-state index in [1.54, 1.807) is 19.1 Å². The van der Waals surface area contributed by atoms with Crippen LogP contribution in [-0.2, 0) is 6.54 Å². The molecule has 0 spiro atoms. The van der Waals surface area contributed by atoms with Crippen molar-refractivity contribution >= 4 is 0 Å². The maximum Gasteiger partial charge on any atom is 0.231 e. The number of ether oxygens (including phenoxy) is 2. The first kappa shape index (κ1) is 13.9. The fourth-order valence-corrected chi connectivity index (χ4v) is 2.32. The van der Waals surface area contributed by atoms with Crippen molar-refractivity contribution in [3.8, 4) is 11.5 Å². The number of fused-ring (bicyclic) bond motifs is 1. The number of hydrogen-bond donors (Lipinski definition) is 1. The second-order valence-electron chi connectivity index (χ2n) is 5.30. The Balaban J connectivity index is 1.66. The van der Waals surface area contributed by atoms with Crippen LogP contribution in [0.15, 0.2) is 36.4 Å². The number of hydrogen-bond acceptors (Lipinski definition) is 3. The van der Waals surface area contributed by atoms with Crippen LogP contribution in [0.1, 0.15) is 29.7 Å². The van der Waals surface area contributed by atoms with Gasteiger partial charge in [0, 0.05) is 12.6 Å². The molecular formula is C17H18FNO2. The molecule has 0 aliphatic carbocycles. The molecule has 2 aromatic carbocycles. The van der Waals surface area contributed by atoms with E-state index in [-0.39, 0.29) is 18.7 Å². The van der Waals surface area contributed by atoms with E-state index >= 15 is 0 Å². The van der Waals surface area contributed by atoms with E-state index in [1.807, 2.05) is 24.3 Å². The molecule has 0 saturated carbocycles. The molecule has 0 bridgehead atoms. The molecule has 3 nitrogen and oxygen atoms in total. The lowest BCUT2D eigenvalue weighted by Crippen LogP contribution is -2.18. The van der Waals surface area contributed by atoms with Crippen LogP contribution in [0, 0.1) is 12.7 Å². The number of benzene rings is 2. The maximum absolute atomic E-state index is 13.5. The average Bonchev–Trinajstić information content (AvgIpc) is 2.95. The fraction of sp³-hybridized carbons (Fsp3) is 0.294. The summed E-state index contributed by atoms with van der Waals surface area (Å²) in [5.74, 6) is 1.40. The van der Waals surface area contributed by atoms with E-state index in [1.165, 1.54) is 0 Å². The van der Waals surface area contributed by atoms with Crippen LogP contribution < -0.4 is 14.8 Å². The topological polar surface area (TPSA) is 30.5 Å². The predicted molar refractivity (Wildman–Crippen MR) is 79.0 cm³/mol. The number of rotatable bonds is 4. The van der Waals surface area contributed by atoms with Gasteiger partial charge in [-0.15, -0.1) is 0 Å². The molecule has 2 aromatic rings. The Morgan fingerprint density at radius 1 is 1.14 bits per heavy atom. The van der Waals surface area contributed by atoms with Gasteiger partial charge >= 0.3 is 0 Å². The lowest BCUT2D eigenvalue weighted by Gasteiger charge is -2.15. The molecule has 4 heteroatoms. The van der Waals surface area contributed by atoms with Gasteiger partial charge in [0.1, 0.15) is 5.82 Å². The van der Waals surface area contributed by atoms with Gasteiger partial charge in [-0.05, 0) is 48.7 Å². The van der Waals surface area contributed by atoms with Gasteiger partial charge in [-0.25, -0.2) is 4.39 Å². The van der Waals surface area contributed by atoms with Crippen molar-refractivity contribution in [2.24, 2.45) is 0 Å². The summed E-state index contributed by atoms with van der Waals surface area (Å²) >= 11 is 0. The van der Waals surface area contributed by atoms with Gasteiger partial charge in [0.05, 0.1) is 0 Å². The van der Waals surface area contributed by atoms with Crippen LogP contribution in [0.4, 0.5) is 4.39 Å². The molecule has 1 N–H and O–H groups in total. The summed E-state index contributed by atoms with van der Waals surface area (Å²) in [4.78, 5) is 0. The highest BCUT2D eigenvalue weighted by molar-refractivity contribution is 5.45. The number of aryl methyl sites for hydroxylation is 1. The molecular weight excluding hydrogens is 269 g/mol. The molecule has 21 heavy (non-hydrogen) atoms. The highest BCUT2D eigenvalue weighted by atomic mass is 19.1. The van der Waals surface area contributed by atoms with Crippen LogP contribution in [-0.4, -0.2) is 6.79 Å². The Kier molecular flexibility index (Phi) is 3.80. The summed E-state index contributed by atoms with van der Waals surface area (Å²) in [7, 11) is 0. The molecule has 1 unspecified atom stereocenters. The minimum Gasteiger partial charge on any atom is -0.454 e. The summed E-state index contributed by atoms with van der Waals surface area (Å²) in [5.41, 5.74) is 2.72. The minimum atomic E-state index is -0.162. The molecule has 0 fully saturated rings. The van der Waals surface area contributed by atoms with Gasteiger partial charge in [0.25, 0.3) is 0 Å². The Bertz CT molecular complexity index is 657. The minimum absolute atomic E-state index is 0.142. The first-order valence-corrected chi connectivity index (χ1v) is 7.01. The lowest BCUT2D eigenvalue weighted by molar-refractivity contribution is 0.174. The third-order valence-electron chi connectivity index (χ3n) is 3.75. The van der Waals surface area contributed by atoms with Crippen LogP contribution in [0.5, 0.6) is 11.5 Å². The summed E-state index contributed by atoms with van der Waals surface area (Å²) in [6, 6.07) is 11.4. The number of nitrogens with one attached hydrogen (secondary N) is 1. The third kappa shape index (κ3) is 3.00. The standard InChI is InChI=1S/C17H18FNO2/c1-11-3-4-13(7-15(11)18)9-19-12(2)14-5-6-16-17(8-14)21-10-20-16/h3-8,12,19H,9-10H2,1-2H3. The highest BCUT2D eigenvalue weighted by Crippen LogP contribution is 2.34. The zero-order chi connectivity index (χ0) is 14.8. The van der Waals surface area contributed by atoms with Crippen molar-refractivity contribution in [1.82, 2.24) is 5.32 Å². The fourth-order valence-electron chi connectivity index (χ4n) is 2.32. The van der Waals surface area contributed by atoms with Crippen molar-refractivity contribution in [1.29, 1.82) is 0 Å². The molecule has 1 atom stereocenters. The van der Waals surface area contributed by atoms with E-state index in [4.69, 9.17) is 9.47 Å². The monoisotopic (exact) mass is 287 g/mol. The zero-order valence-electron chi connectivity index (χ0n) is 12.2. The number of halogens is 1. The molecule has 110 valence electrons. The van der Waals surface area contributed by atoms with Crippen molar-refractivity contribution in [3.63, 3.8) is 0 Å². The normalized spacial score (nSPS) is 14.2. The van der Waals surface area contributed by atoms with Crippen molar-refractivity contribution in [2.45, 2.75) is 26.4 Å². The van der Waals surface area contributed by atoms with Crippen molar-refractivity contribution < 1.29 is 13.9 Å². The first-order chi connectivity index (χ1) is 10.1.